The maximum absolute atomic E-state index is 13.9. The summed E-state index contributed by atoms with van der Waals surface area (Å²) in [5.74, 6) is -0.653. The number of rotatable bonds is 12. The Labute approximate surface area is 419 Å². The van der Waals surface area contributed by atoms with Crippen LogP contribution in [0.5, 0.6) is 5.75 Å². The van der Waals surface area contributed by atoms with Gasteiger partial charge in [-0.3, -0.25) is 49.1 Å². The molecule has 0 bridgehead atoms. The Morgan fingerprint density at radius 1 is 0.845 bits per heavy atom. The van der Waals surface area contributed by atoms with Gasteiger partial charge in [0.05, 0.1) is 50.8 Å². The average molecular weight is 1050 g/mol. The molecule has 7 heterocycles. The number of piperidine rings is 2. The zero-order valence-electron chi connectivity index (χ0n) is 40.1. The number of carbonyl (C=O) groups is 5. The highest BCUT2D eigenvalue weighted by atomic mass is 79.9. The minimum absolute atomic E-state index is 0.0614. The van der Waals surface area contributed by atoms with Crippen molar-refractivity contribution in [3.05, 3.63) is 82.2 Å². The van der Waals surface area contributed by atoms with Crippen LogP contribution in [0.4, 0.5) is 34.5 Å². The number of ether oxygens (including phenoxy) is 1. The molecule has 0 radical (unpaired) electrons. The molecule has 5 amide bonds. The highest BCUT2D eigenvalue weighted by molar-refractivity contribution is 9.10. The van der Waals surface area contributed by atoms with E-state index in [1.54, 1.807) is 57.2 Å². The van der Waals surface area contributed by atoms with Crippen molar-refractivity contribution in [3.8, 4) is 5.75 Å². The Morgan fingerprint density at radius 2 is 1.59 bits per heavy atom. The number of carbonyl (C=O) groups excluding carboxylic acids is 5. The molecule has 0 saturated carbocycles. The van der Waals surface area contributed by atoms with Crippen molar-refractivity contribution in [1.29, 1.82) is 0 Å². The van der Waals surface area contributed by atoms with E-state index >= 15 is 0 Å². The maximum atomic E-state index is 13.9. The minimum Gasteiger partial charge on any atom is -0.494 e. The number of methoxy groups -OCH3 is 1. The quantitative estimate of drug-likeness (QED) is 0.103. The van der Waals surface area contributed by atoms with Crippen LogP contribution < -0.4 is 35.8 Å². The summed E-state index contributed by atoms with van der Waals surface area (Å²) in [5, 5.41) is 9.59. The van der Waals surface area contributed by atoms with Crippen LogP contribution in [0.15, 0.2) is 65.5 Å². The van der Waals surface area contributed by atoms with Crippen LogP contribution in [0, 0.1) is 5.92 Å². The molecule has 19 nitrogen and oxygen atoms in total. The molecule has 10 rings (SSSR count). The molecule has 3 N–H and O–H groups in total. The number of amides is 5. The van der Waals surface area contributed by atoms with E-state index in [1.165, 1.54) is 5.56 Å². The van der Waals surface area contributed by atoms with Gasteiger partial charge in [-0.25, -0.2) is 4.98 Å². The number of aromatic nitrogens is 4. The number of benzene rings is 3. The third kappa shape index (κ3) is 9.44. The third-order valence-electron chi connectivity index (χ3n) is 14.5. The molecule has 5 aliphatic rings. The van der Waals surface area contributed by atoms with Crippen molar-refractivity contribution in [2.24, 2.45) is 5.92 Å². The molecular formula is C50H56BrN12O7P. The van der Waals surface area contributed by atoms with E-state index in [0.29, 0.717) is 82.7 Å². The molecule has 5 aliphatic heterocycles. The van der Waals surface area contributed by atoms with Gasteiger partial charge >= 0.3 is 0 Å². The number of hydrogen-bond donors (Lipinski definition) is 3. The summed E-state index contributed by atoms with van der Waals surface area (Å²) < 4.78 is 20.1. The summed E-state index contributed by atoms with van der Waals surface area (Å²) >= 11 is 3.59. The van der Waals surface area contributed by atoms with Crippen molar-refractivity contribution < 1.29 is 33.3 Å². The monoisotopic (exact) mass is 1050 g/mol. The lowest BCUT2D eigenvalue weighted by Crippen LogP contribution is -2.55. The van der Waals surface area contributed by atoms with Gasteiger partial charge in [-0.05, 0) is 103 Å². The van der Waals surface area contributed by atoms with Crippen molar-refractivity contribution >= 4 is 103 Å². The van der Waals surface area contributed by atoms with Crippen LogP contribution in [-0.4, -0.2) is 149 Å². The second-order valence-electron chi connectivity index (χ2n) is 19.1. The Kier molecular flexibility index (Phi) is 13.3. The molecule has 4 fully saturated rings. The third-order valence-corrected chi connectivity index (χ3v) is 16.6. The second kappa shape index (κ2) is 19.6. The van der Waals surface area contributed by atoms with Gasteiger partial charge < -0.3 is 34.6 Å². The van der Waals surface area contributed by atoms with E-state index < -0.39 is 36.8 Å². The molecule has 0 spiro atoms. The lowest BCUT2D eigenvalue weighted by Gasteiger charge is -2.44. The minimum atomic E-state index is -2.80. The molecule has 2 aromatic heterocycles. The molecule has 370 valence electrons. The molecule has 2 atom stereocenters. The van der Waals surface area contributed by atoms with Crippen LogP contribution in [0.3, 0.4) is 0 Å². The topological polar surface area (TPSA) is 216 Å². The first-order valence-electron chi connectivity index (χ1n) is 24.1. The van der Waals surface area contributed by atoms with Crippen LogP contribution in [0.2, 0.25) is 0 Å². The molecule has 4 saturated heterocycles. The van der Waals surface area contributed by atoms with Crippen molar-refractivity contribution in [1.82, 2.24) is 40.0 Å². The normalized spacial score (nSPS) is 20.2. The number of piperazine rings is 1. The standard InChI is InChI=1S/C50H56BrN12O7P/c1-5-29-24-38(56-50-54-27-35(51)45(58-50)55-37-9-8-36-43(53-16-15-52-36)44(37)71(3,4)69)41(70-2)26-40(29)60-18-13-31(14-19-60)59-20-22-61(23-21-59)47(66)30-12-17-62(28-30)32-6-7-33-34(25-32)49(68)63(48(33)67)39-10-11-42(64)57-46(39)65/h6-9,15-16,24-27,30-31,39H,5,10-14,17-23,28H2,1-4H3,(H,57,64,65)(H2,54,55,56,58). The molecule has 5 aromatic rings. The van der Waals surface area contributed by atoms with Gasteiger partial charge in [0.1, 0.15) is 30.3 Å². The van der Waals surface area contributed by atoms with Gasteiger partial charge in [0, 0.05) is 101 Å². The summed E-state index contributed by atoms with van der Waals surface area (Å²) in [7, 11) is -1.14. The van der Waals surface area contributed by atoms with Gasteiger partial charge in [0.2, 0.25) is 23.7 Å². The molecule has 71 heavy (non-hydrogen) atoms. The predicted octanol–water partition coefficient (Wildman–Crippen LogP) is 5.53. The number of fused-ring (bicyclic) bond motifs is 2. The summed E-state index contributed by atoms with van der Waals surface area (Å²) in [6, 6.07) is 12.4. The lowest BCUT2D eigenvalue weighted by molar-refractivity contribution is -0.137. The zero-order chi connectivity index (χ0) is 49.7. The van der Waals surface area contributed by atoms with Crippen molar-refractivity contribution in [3.63, 3.8) is 0 Å². The molecule has 21 heteroatoms. The van der Waals surface area contributed by atoms with E-state index in [0.717, 1.165) is 67.4 Å². The van der Waals surface area contributed by atoms with Gasteiger partial charge in [0.15, 0.2) is 0 Å². The Morgan fingerprint density at radius 3 is 2.32 bits per heavy atom. The Bertz CT molecular complexity index is 3030. The van der Waals surface area contributed by atoms with Gasteiger partial charge in [-0.1, -0.05) is 6.92 Å². The second-order valence-corrected chi connectivity index (χ2v) is 23.1. The van der Waals surface area contributed by atoms with E-state index in [-0.39, 0.29) is 35.8 Å². The number of anilines is 6. The van der Waals surface area contributed by atoms with Crippen LogP contribution in [0.25, 0.3) is 11.0 Å². The highest BCUT2D eigenvalue weighted by Gasteiger charge is 2.45. The predicted molar refractivity (Wildman–Crippen MR) is 274 cm³/mol. The number of hydrogen-bond acceptors (Lipinski definition) is 16. The summed E-state index contributed by atoms with van der Waals surface area (Å²) in [4.78, 5) is 93.1. The Hall–Kier alpha value is -6.50. The van der Waals surface area contributed by atoms with Crippen molar-refractivity contribution in [2.75, 3.05) is 93.2 Å². The first kappa shape index (κ1) is 48.1. The van der Waals surface area contributed by atoms with Crippen molar-refractivity contribution in [2.45, 2.75) is 57.5 Å². The highest BCUT2D eigenvalue weighted by Crippen LogP contribution is 2.42. The van der Waals surface area contributed by atoms with Crippen LogP contribution in [-0.2, 0) is 25.4 Å². The molecule has 0 aliphatic carbocycles. The van der Waals surface area contributed by atoms with E-state index in [9.17, 15) is 28.5 Å². The molecular weight excluding hydrogens is 992 g/mol. The first-order valence-corrected chi connectivity index (χ1v) is 27.5. The summed E-state index contributed by atoms with van der Waals surface area (Å²) in [5.41, 5.74) is 6.14. The Balaban J connectivity index is 0.732. The number of nitrogens with zero attached hydrogens (tertiary/aromatic N) is 9. The molecule has 2 unspecified atom stereocenters. The van der Waals surface area contributed by atoms with Gasteiger partial charge in [-0.2, -0.15) is 4.98 Å². The van der Waals surface area contributed by atoms with Crippen LogP contribution >= 0.6 is 23.1 Å². The SMILES string of the molecule is CCc1cc(Nc2ncc(Br)c(Nc3ccc4nccnc4c3P(C)(C)=O)n2)c(OC)cc1N1CCC(N2CCN(C(=O)C3CCN(c4ccc5c(c4)C(=O)N(C4CCC(=O)NC4=O)C5=O)C3)CC2)CC1. The smallest absolute Gasteiger partial charge is 0.262 e. The fourth-order valence-electron chi connectivity index (χ4n) is 10.8. The van der Waals surface area contributed by atoms with E-state index in [1.807, 2.05) is 17.0 Å². The average Bonchev–Trinajstić information content (AvgIpc) is 3.96. The van der Waals surface area contributed by atoms with E-state index in [2.05, 4.69) is 80.6 Å². The maximum Gasteiger partial charge on any atom is 0.262 e. The first-order chi connectivity index (χ1) is 34.2. The number of aryl methyl sites for hydroxylation is 1. The molecule has 3 aromatic carbocycles. The largest absolute Gasteiger partial charge is 0.494 e. The number of halogens is 1. The summed E-state index contributed by atoms with van der Waals surface area (Å²) in [6.45, 7) is 11.5. The lowest BCUT2D eigenvalue weighted by atomic mass is 9.99. The fraction of sp³-hybridized carbons (Fsp3) is 0.420. The van der Waals surface area contributed by atoms with E-state index in [4.69, 9.17) is 9.72 Å². The summed E-state index contributed by atoms with van der Waals surface area (Å²) in [6.07, 6.45) is 8.53. The zero-order valence-corrected chi connectivity index (χ0v) is 42.6. The van der Waals surface area contributed by atoms with Gasteiger partial charge in [-0.15, -0.1) is 0 Å². The van der Waals surface area contributed by atoms with Gasteiger partial charge in [0.25, 0.3) is 11.8 Å². The number of nitrogens with one attached hydrogen (secondary N) is 3. The fourth-order valence-corrected chi connectivity index (χ4v) is 12.5. The van der Waals surface area contributed by atoms with Crippen LogP contribution in [0.1, 0.15) is 65.3 Å². The number of imide groups is 2.